The Morgan fingerprint density at radius 1 is 0.955 bits per heavy atom. The van der Waals surface area contributed by atoms with Gasteiger partial charge in [-0.3, -0.25) is 0 Å². The van der Waals surface area contributed by atoms with Crippen LogP contribution in [0.4, 0.5) is 0 Å². The maximum absolute atomic E-state index is 5.89. The van der Waals surface area contributed by atoms with Crippen molar-refractivity contribution in [3.63, 3.8) is 0 Å². The van der Waals surface area contributed by atoms with Gasteiger partial charge in [0.25, 0.3) is 0 Å². The van der Waals surface area contributed by atoms with Gasteiger partial charge in [0.05, 0.1) is 18.8 Å². The third-order valence-corrected chi connectivity index (χ3v) is 4.22. The lowest BCUT2D eigenvalue weighted by molar-refractivity contribution is 0.00547. The highest BCUT2D eigenvalue weighted by Crippen LogP contribution is 2.22. The van der Waals surface area contributed by atoms with Crippen molar-refractivity contribution in [1.82, 2.24) is 5.32 Å². The molecule has 0 radical (unpaired) electrons. The zero-order chi connectivity index (χ0) is 15.2. The van der Waals surface area contributed by atoms with E-state index in [1.807, 2.05) is 0 Å². The molecule has 1 heterocycles. The minimum atomic E-state index is 0.196. The summed E-state index contributed by atoms with van der Waals surface area (Å²) in [6.45, 7) is 1.52. The van der Waals surface area contributed by atoms with Crippen molar-refractivity contribution in [3.05, 3.63) is 71.8 Å². The average molecular weight is 296 g/mol. The van der Waals surface area contributed by atoms with Crippen LogP contribution in [0.1, 0.15) is 30.0 Å². The topological polar surface area (TPSA) is 47.3 Å². The number of hydrogen-bond donors (Lipinski definition) is 2. The van der Waals surface area contributed by atoms with E-state index in [2.05, 4.69) is 66.0 Å². The lowest BCUT2D eigenvalue weighted by Gasteiger charge is -2.29. The highest BCUT2D eigenvalue weighted by Gasteiger charge is 2.21. The molecule has 2 aromatic rings. The lowest BCUT2D eigenvalue weighted by atomic mass is 9.98. The molecule has 1 saturated heterocycles. The highest BCUT2D eigenvalue weighted by molar-refractivity contribution is 5.31. The van der Waals surface area contributed by atoms with E-state index in [1.165, 1.54) is 11.1 Å². The molecule has 2 atom stereocenters. The fourth-order valence-corrected chi connectivity index (χ4v) is 2.96. The predicted octanol–water partition coefficient (Wildman–Crippen LogP) is 2.87. The maximum atomic E-state index is 5.89. The Bertz CT molecular complexity index is 511. The van der Waals surface area contributed by atoms with E-state index in [0.29, 0.717) is 6.61 Å². The fourth-order valence-electron chi connectivity index (χ4n) is 2.96. The standard InChI is InChI=1S/C19H24N2O/c20-17-11-12-18(22-14-17)13-21-19(15-7-3-1-4-8-15)16-9-5-2-6-10-16/h1-10,17-19,21H,11-14,20H2. The van der Waals surface area contributed by atoms with E-state index in [0.717, 1.165) is 19.4 Å². The molecule has 2 unspecified atom stereocenters. The first kappa shape index (κ1) is 15.2. The number of hydrogen-bond acceptors (Lipinski definition) is 3. The Morgan fingerprint density at radius 2 is 1.55 bits per heavy atom. The van der Waals surface area contributed by atoms with Gasteiger partial charge in [0.15, 0.2) is 0 Å². The molecule has 1 aliphatic heterocycles. The molecule has 0 saturated carbocycles. The molecule has 0 amide bonds. The van der Waals surface area contributed by atoms with E-state index >= 15 is 0 Å². The normalized spacial score (nSPS) is 21.9. The number of benzene rings is 2. The van der Waals surface area contributed by atoms with Crippen LogP contribution in [0.25, 0.3) is 0 Å². The summed E-state index contributed by atoms with van der Waals surface area (Å²) >= 11 is 0. The molecule has 1 fully saturated rings. The van der Waals surface area contributed by atoms with Gasteiger partial charge < -0.3 is 15.8 Å². The van der Waals surface area contributed by atoms with Crippen LogP contribution in [0, 0.1) is 0 Å². The van der Waals surface area contributed by atoms with Crippen LogP contribution in [-0.4, -0.2) is 25.3 Å². The Balaban J connectivity index is 1.70. The van der Waals surface area contributed by atoms with Gasteiger partial charge in [-0.2, -0.15) is 0 Å². The zero-order valence-corrected chi connectivity index (χ0v) is 12.8. The molecule has 0 spiro atoms. The molecule has 0 aliphatic carbocycles. The van der Waals surface area contributed by atoms with Crippen molar-refractivity contribution in [1.29, 1.82) is 0 Å². The van der Waals surface area contributed by atoms with Gasteiger partial charge in [-0.05, 0) is 24.0 Å². The van der Waals surface area contributed by atoms with E-state index in [-0.39, 0.29) is 18.2 Å². The third-order valence-electron chi connectivity index (χ3n) is 4.22. The SMILES string of the molecule is NC1CCC(CNC(c2ccccc2)c2ccccc2)OC1. The molecule has 116 valence electrons. The van der Waals surface area contributed by atoms with Crippen LogP contribution in [0.2, 0.25) is 0 Å². The molecule has 3 heteroatoms. The fraction of sp³-hybridized carbons (Fsp3) is 0.368. The summed E-state index contributed by atoms with van der Waals surface area (Å²) in [6, 6.07) is 21.5. The molecular weight excluding hydrogens is 272 g/mol. The molecule has 3 nitrogen and oxygen atoms in total. The molecule has 0 bridgehead atoms. The highest BCUT2D eigenvalue weighted by atomic mass is 16.5. The number of ether oxygens (including phenoxy) is 1. The Kier molecular flexibility index (Phi) is 5.22. The summed E-state index contributed by atoms with van der Waals surface area (Å²) in [5.41, 5.74) is 8.45. The molecular formula is C19H24N2O. The quantitative estimate of drug-likeness (QED) is 0.892. The Hall–Kier alpha value is -1.68. The van der Waals surface area contributed by atoms with E-state index in [9.17, 15) is 0 Å². The predicted molar refractivity (Wildman–Crippen MR) is 89.7 cm³/mol. The first-order chi connectivity index (χ1) is 10.8. The van der Waals surface area contributed by atoms with Crippen LogP contribution in [-0.2, 0) is 4.74 Å². The van der Waals surface area contributed by atoms with Crippen molar-refractivity contribution in [3.8, 4) is 0 Å². The molecule has 3 rings (SSSR count). The van der Waals surface area contributed by atoms with Crippen LogP contribution >= 0.6 is 0 Å². The van der Waals surface area contributed by atoms with Gasteiger partial charge in [0.1, 0.15) is 0 Å². The smallest absolute Gasteiger partial charge is 0.0701 e. The first-order valence-electron chi connectivity index (χ1n) is 8.03. The van der Waals surface area contributed by atoms with Crippen molar-refractivity contribution < 1.29 is 4.74 Å². The number of nitrogens with two attached hydrogens (primary N) is 1. The second-order valence-corrected chi connectivity index (χ2v) is 5.96. The monoisotopic (exact) mass is 296 g/mol. The van der Waals surface area contributed by atoms with Gasteiger partial charge >= 0.3 is 0 Å². The summed E-state index contributed by atoms with van der Waals surface area (Å²) in [6.07, 6.45) is 2.34. The molecule has 2 aromatic carbocycles. The molecule has 22 heavy (non-hydrogen) atoms. The van der Waals surface area contributed by atoms with Crippen LogP contribution in [0.5, 0.6) is 0 Å². The van der Waals surface area contributed by atoms with E-state index in [4.69, 9.17) is 10.5 Å². The van der Waals surface area contributed by atoms with Gasteiger partial charge in [-0.1, -0.05) is 60.7 Å². The summed E-state index contributed by atoms with van der Waals surface area (Å²) in [5, 5.41) is 3.67. The van der Waals surface area contributed by atoms with Gasteiger partial charge in [-0.25, -0.2) is 0 Å². The molecule has 3 N–H and O–H groups in total. The van der Waals surface area contributed by atoms with Gasteiger partial charge in [0.2, 0.25) is 0 Å². The molecule has 0 aromatic heterocycles. The second kappa shape index (κ2) is 7.54. The van der Waals surface area contributed by atoms with E-state index in [1.54, 1.807) is 0 Å². The average Bonchev–Trinajstić information content (AvgIpc) is 2.59. The van der Waals surface area contributed by atoms with Crippen molar-refractivity contribution >= 4 is 0 Å². The third kappa shape index (κ3) is 3.95. The van der Waals surface area contributed by atoms with E-state index < -0.39 is 0 Å². The van der Waals surface area contributed by atoms with Gasteiger partial charge in [-0.15, -0.1) is 0 Å². The summed E-state index contributed by atoms with van der Waals surface area (Å²) in [7, 11) is 0. The van der Waals surface area contributed by atoms with Crippen molar-refractivity contribution in [2.24, 2.45) is 5.73 Å². The van der Waals surface area contributed by atoms with Gasteiger partial charge in [0, 0.05) is 12.6 Å². The lowest BCUT2D eigenvalue weighted by Crippen LogP contribution is -2.40. The number of rotatable bonds is 5. The Labute approximate surface area is 132 Å². The summed E-state index contributed by atoms with van der Waals surface area (Å²) < 4.78 is 5.82. The minimum Gasteiger partial charge on any atom is -0.375 e. The number of nitrogens with one attached hydrogen (secondary N) is 1. The largest absolute Gasteiger partial charge is 0.375 e. The Morgan fingerprint density at radius 3 is 2.05 bits per heavy atom. The second-order valence-electron chi connectivity index (χ2n) is 5.96. The first-order valence-corrected chi connectivity index (χ1v) is 8.03. The van der Waals surface area contributed by atoms with Crippen molar-refractivity contribution in [2.75, 3.05) is 13.2 Å². The summed E-state index contributed by atoms with van der Waals surface area (Å²) in [4.78, 5) is 0. The molecule has 1 aliphatic rings. The van der Waals surface area contributed by atoms with Crippen LogP contribution in [0.3, 0.4) is 0 Å². The van der Waals surface area contributed by atoms with Crippen LogP contribution < -0.4 is 11.1 Å². The maximum Gasteiger partial charge on any atom is 0.0701 e. The van der Waals surface area contributed by atoms with Crippen LogP contribution in [0.15, 0.2) is 60.7 Å². The zero-order valence-electron chi connectivity index (χ0n) is 12.8. The van der Waals surface area contributed by atoms with Crippen molar-refractivity contribution in [2.45, 2.75) is 31.0 Å². The minimum absolute atomic E-state index is 0.196. The summed E-state index contributed by atoms with van der Waals surface area (Å²) in [5.74, 6) is 0.